The number of nitrogens with two attached hydrogens (primary N) is 1. The third kappa shape index (κ3) is 4.24. The maximum absolute atomic E-state index is 12.0. The van der Waals surface area contributed by atoms with E-state index in [9.17, 15) is 4.79 Å². The van der Waals surface area contributed by atoms with E-state index in [0.29, 0.717) is 0 Å². The Hall–Kier alpha value is -1.55. The maximum atomic E-state index is 12.0. The SMILES string of the molecule is CCC(C)[C@H](N)C(=O)N[C@@H](C)c1cccc(OC)c1. The van der Waals surface area contributed by atoms with Crippen molar-refractivity contribution in [2.24, 2.45) is 11.7 Å². The Labute approximate surface area is 115 Å². The number of carbonyl (C=O) groups is 1. The van der Waals surface area contributed by atoms with Crippen LogP contribution in [-0.2, 0) is 4.79 Å². The van der Waals surface area contributed by atoms with Gasteiger partial charge >= 0.3 is 0 Å². The normalized spacial score (nSPS) is 15.4. The Bertz CT molecular complexity index is 420. The summed E-state index contributed by atoms with van der Waals surface area (Å²) < 4.78 is 5.18. The summed E-state index contributed by atoms with van der Waals surface area (Å²) in [5.74, 6) is 0.854. The van der Waals surface area contributed by atoms with Crippen LogP contribution in [-0.4, -0.2) is 19.1 Å². The molecule has 0 heterocycles. The van der Waals surface area contributed by atoms with E-state index in [1.165, 1.54) is 0 Å². The van der Waals surface area contributed by atoms with Crippen molar-refractivity contribution in [1.29, 1.82) is 0 Å². The number of ether oxygens (including phenoxy) is 1. The zero-order valence-electron chi connectivity index (χ0n) is 12.1. The van der Waals surface area contributed by atoms with Crippen LogP contribution in [0.5, 0.6) is 5.75 Å². The van der Waals surface area contributed by atoms with Gasteiger partial charge in [0.05, 0.1) is 19.2 Å². The topological polar surface area (TPSA) is 64.4 Å². The number of carbonyl (C=O) groups excluding carboxylic acids is 1. The lowest BCUT2D eigenvalue weighted by Gasteiger charge is -2.21. The maximum Gasteiger partial charge on any atom is 0.237 e. The van der Waals surface area contributed by atoms with Crippen LogP contribution in [0, 0.1) is 5.92 Å². The number of hydrogen-bond acceptors (Lipinski definition) is 3. The predicted octanol–water partition coefficient (Wildman–Crippen LogP) is 2.25. The third-order valence-electron chi connectivity index (χ3n) is 3.51. The van der Waals surface area contributed by atoms with E-state index < -0.39 is 6.04 Å². The molecule has 106 valence electrons. The number of methoxy groups -OCH3 is 1. The van der Waals surface area contributed by atoms with Crippen molar-refractivity contribution in [3.05, 3.63) is 29.8 Å². The molecule has 0 aromatic heterocycles. The van der Waals surface area contributed by atoms with Gasteiger partial charge in [0, 0.05) is 0 Å². The molecule has 0 aliphatic carbocycles. The summed E-state index contributed by atoms with van der Waals surface area (Å²) in [6.07, 6.45) is 0.891. The average molecular weight is 264 g/mol. The van der Waals surface area contributed by atoms with Crippen molar-refractivity contribution in [1.82, 2.24) is 5.32 Å². The predicted molar refractivity (Wildman–Crippen MR) is 77.0 cm³/mol. The molecular weight excluding hydrogens is 240 g/mol. The minimum atomic E-state index is -0.460. The van der Waals surface area contributed by atoms with Crippen LogP contribution >= 0.6 is 0 Å². The fourth-order valence-corrected chi connectivity index (χ4v) is 1.82. The average Bonchev–Trinajstić information content (AvgIpc) is 2.45. The van der Waals surface area contributed by atoms with Gasteiger partial charge in [-0.15, -0.1) is 0 Å². The minimum absolute atomic E-state index is 0.0855. The Kier molecular flexibility index (Phi) is 5.83. The molecular formula is C15H24N2O2. The highest BCUT2D eigenvalue weighted by molar-refractivity contribution is 5.82. The number of rotatable bonds is 6. The largest absolute Gasteiger partial charge is 0.497 e. The fourth-order valence-electron chi connectivity index (χ4n) is 1.82. The van der Waals surface area contributed by atoms with Gasteiger partial charge in [0.15, 0.2) is 0 Å². The van der Waals surface area contributed by atoms with Crippen LogP contribution in [0.2, 0.25) is 0 Å². The first-order valence-corrected chi connectivity index (χ1v) is 6.69. The summed E-state index contributed by atoms with van der Waals surface area (Å²) in [7, 11) is 1.63. The van der Waals surface area contributed by atoms with E-state index >= 15 is 0 Å². The first-order chi connectivity index (χ1) is 8.99. The molecule has 3 atom stereocenters. The van der Waals surface area contributed by atoms with E-state index in [1.807, 2.05) is 45.0 Å². The van der Waals surface area contributed by atoms with Gasteiger partial charge in [-0.1, -0.05) is 32.4 Å². The van der Waals surface area contributed by atoms with E-state index in [4.69, 9.17) is 10.5 Å². The Balaban J connectivity index is 2.68. The second-order valence-electron chi connectivity index (χ2n) is 4.92. The molecule has 0 bridgehead atoms. The molecule has 0 aliphatic heterocycles. The molecule has 0 radical (unpaired) electrons. The number of nitrogens with one attached hydrogen (secondary N) is 1. The molecule has 1 unspecified atom stereocenters. The van der Waals surface area contributed by atoms with Crippen LogP contribution in [0.15, 0.2) is 24.3 Å². The Morgan fingerprint density at radius 1 is 1.42 bits per heavy atom. The summed E-state index contributed by atoms with van der Waals surface area (Å²) in [5, 5.41) is 2.94. The first-order valence-electron chi connectivity index (χ1n) is 6.69. The second-order valence-corrected chi connectivity index (χ2v) is 4.92. The Morgan fingerprint density at radius 3 is 2.68 bits per heavy atom. The lowest BCUT2D eigenvalue weighted by molar-refractivity contribution is -0.124. The van der Waals surface area contributed by atoms with Gasteiger partial charge in [-0.05, 0) is 30.5 Å². The summed E-state index contributed by atoms with van der Waals surface area (Å²) in [6.45, 7) is 5.96. The second kappa shape index (κ2) is 7.14. The van der Waals surface area contributed by atoms with Crippen LogP contribution in [0.3, 0.4) is 0 Å². The standard InChI is InChI=1S/C15H24N2O2/c1-5-10(2)14(16)15(18)17-11(3)12-7-6-8-13(9-12)19-4/h6-11,14H,5,16H2,1-4H3,(H,17,18)/t10?,11-,14-/m0/s1. The monoisotopic (exact) mass is 264 g/mol. The summed E-state index contributed by atoms with van der Waals surface area (Å²) in [6, 6.07) is 7.12. The van der Waals surface area contributed by atoms with Crippen LogP contribution in [0.1, 0.15) is 38.8 Å². The van der Waals surface area contributed by atoms with Gasteiger partial charge < -0.3 is 15.8 Å². The molecule has 4 nitrogen and oxygen atoms in total. The van der Waals surface area contributed by atoms with Gasteiger partial charge in [-0.2, -0.15) is 0 Å². The lowest BCUT2D eigenvalue weighted by Crippen LogP contribution is -2.45. The minimum Gasteiger partial charge on any atom is -0.497 e. The van der Waals surface area contributed by atoms with Gasteiger partial charge in [-0.25, -0.2) is 0 Å². The summed E-state index contributed by atoms with van der Waals surface area (Å²) in [5.41, 5.74) is 6.92. The number of benzene rings is 1. The zero-order chi connectivity index (χ0) is 14.4. The van der Waals surface area contributed by atoms with E-state index in [0.717, 1.165) is 17.7 Å². The smallest absolute Gasteiger partial charge is 0.237 e. The molecule has 1 amide bonds. The van der Waals surface area contributed by atoms with Crippen molar-refractivity contribution in [2.45, 2.75) is 39.3 Å². The molecule has 0 saturated carbocycles. The van der Waals surface area contributed by atoms with Crippen molar-refractivity contribution in [3.8, 4) is 5.75 Å². The molecule has 1 rings (SSSR count). The molecule has 3 N–H and O–H groups in total. The van der Waals surface area contributed by atoms with Gasteiger partial charge in [-0.3, -0.25) is 4.79 Å². The van der Waals surface area contributed by atoms with E-state index in [2.05, 4.69) is 5.32 Å². The molecule has 0 fully saturated rings. The molecule has 19 heavy (non-hydrogen) atoms. The molecule has 1 aromatic carbocycles. The molecule has 0 aliphatic rings. The highest BCUT2D eigenvalue weighted by Gasteiger charge is 2.21. The van der Waals surface area contributed by atoms with Crippen molar-refractivity contribution >= 4 is 5.91 Å². The van der Waals surface area contributed by atoms with Gasteiger partial charge in [0.2, 0.25) is 5.91 Å². The summed E-state index contributed by atoms with van der Waals surface area (Å²) in [4.78, 5) is 12.0. The van der Waals surface area contributed by atoms with Gasteiger partial charge in [0.1, 0.15) is 5.75 Å². The van der Waals surface area contributed by atoms with Gasteiger partial charge in [0.25, 0.3) is 0 Å². The lowest BCUT2D eigenvalue weighted by atomic mass is 9.98. The molecule has 4 heteroatoms. The van der Waals surface area contributed by atoms with E-state index in [-0.39, 0.29) is 17.9 Å². The zero-order valence-corrected chi connectivity index (χ0v) is 12.1. The van der Waals surface area contributed by atoms with Crippen LogP contribution in [0.25, 0.3) is 0 Å². The van der Waals surface area contributed by atoms with Crippen LogP contribution < -0.4 is 15.8 Å². The number of amides is 1. The fraction of sp³-hybridized carbons (Fsp3) is 0.533. The summed E-state index contributed by atoms with van der Waals surface area (Å²) >= 11 is 0. The van der Waals surface area contributed by atoms with Crippen molar-refractivity contribution in [2.75, 3.05) is 7.11 Å². The third-order valence-corrected chi connectivity index (χ3v) is 3.51. The van der Waals surface area contributed by atoms with Crippen LogP contribution in [0.4, 0.5) is 0 Å². The molecule has 0 spiro atoms. The number of hydrogen-bond donors (Lipinski definition) is 2. The quantitative estimate of drug-likeness (QED) is 0.828. The van der Waals surface area contributed by atoms with Crippen molar-refractivity contribution in [3.63, 3.8) is 0 Å². The highest BCUT2D eigenvalue weighted by atomic mass is 16.5. The molecule has 1 aromatic rings. The first kappa shape index (κ1) is 15.5. The van der Waals surface area contributed by atoms with E-state index in [1.54, 1.807) is 7.11 Å². The highest BCUT2D eigenvalue weighted by Crippen LogP contribution is 2.19. The van der Waals surface area contributed by atoms with Crippen molar-refractivity contribution < 1.29 is 9.53 Å². The Morgan fingerprint density at radius 2 is 2.11 bits per heavy atom. The molecule has 0 saturated heterocycles.